The predicted molar refractivity (Wildman–Crippen MR) is 63.7 cm³/mol. The van der Waals surface area contributed by atoms with Gasteiger partial charge in [0.05, 0.1) is 0 Å². The third-order valence-electron chi connectivity index (χ3n) is 1.98. The third-order valence-corrected chi connectivity index (χ3v) is 6.43. The van der Waals surface area contributed by atoms with E-state index in [1.807, 2.05) is 0 Å². The van der Waals surface area contributed by atoms with Crippen LogP contribution in [0.25, 0.3) is 0 Å². The largest absolute Gasteiger partial charge is 0.385 e. The Morgan fingerprint density at radius 2 is 2.12 bits per heavy atom. The molecule has 90 valence electrons. The van der Waals surface area contributed by atoms with Crippen LogP contribution >= 0.6 is 27.5 Å². The number of halogens is 3. The Labute approximate surface area is 106 Å². The molecular weight excluding hydrogens is 323 g/mol. The second-order valence-corrected chi connectivity index (χ2v) is 8.53. The first-order valence-corrected chi connectivity index (χ1v) is 7.23. The summed E-state index contributed by atoms with van der Waals surface area (Å²) < 4.78 is 33.5. The molecule has 2 atom stereocenters. The van der Waals surface area contributed by atoms with Crippen LogP contribution in [-0.4, -0.2) is 22.9 Å². The summed E-state index contributed by atoms with van der Waals surface area (Å²) in [7, 11) is -3.75. The molecule has 0 bridgehead atoms. The maximum Gasteiger partial charge on any atom is 0.228 e. The van der Waals surface area contributed by atoms with Gasteiger partial charge in [0.25, 0.3) is 0 Å². The molecule has 0 amide bonds. The fraction of sp³-hybridized carbons (Fsp3) is 0.333. The van der Waals surface area contributed by atoms with Crippen molar-refractivity contribution in [1.29, 1.82) is 0 Å². The smallest absolute Gasteiger partial charge is 0.228 e. The number of hydrogen-bond acceptors (Lipinski definition) is 3. The zero-order valence-corrected chi connectivity index (χ0v) is 11.4. The molecule has 7 heteroatoms. The van der Waals surface area contributed by atoms with Crippen molar-refractivity contribution in [1.82, 2.24) is 0 Å². The number of alkyl halides is 2. The van der Waals surface area contributed by atoms with Crippen LogP contribution in [0.2, 0.25) is 0 Å². The van der Waals surface area contributed by atoms with Crippen molar-refractivity contribution in [2.45, 2.75) is 9.22 Å². The predicted octanol–water partition coefficient (Wildman–Crippen LogP) is 2.19. The molecule has 0 unspecified atom stereocenters. The molecule has 0 heterocycles. The first kappa shape index (κ1) is 13.9. The molecule has 0 aliphatic rings. The van der Waals surface area contributed by atoms with Gasteiger partial charge in [0, 0.05) is 6.26 Å². The molecule has 16 heavy (non-hydrogen) atoms. The van der Waals surface area contributed by atoms with Crippen LogP contribution in [0.5, 0.6) is 0 Å². The van der Waals surface area contributed by atoms with Gasteiger partial charge in [0.1, 0.15) is 11.9 Å². The molecule has 0 aromatic heterocycles. The summed E-state index contributed by atoms with van der Waals surface area (Å²) in [6.07, 6.45) is -0.697. The molecule has 0 aliphatic carbocycles. The quantitative estimate of drug-likeness (QED) is 0.864. The van der Waals surface area contributed by atoms with E-state index in [2.05, 4.69) is 15.9 Å². The maximum absolute atomic E-state index is 12.9. The Morgan fingerprint density at radius 3 is 2.56 bits per heavy atom. The zero-order chi connectivity index (χ0) is 12.6. The molecule has 1 aromatic rings. The highest BCUT2D eigenvalue weighted by molar-refractivity contribution is 9.12. The Kier molecular flexibility index (Phi) is 3.99. The van der Waals surface area contributed by atoms with Crippen molar-refractivity contribution < 1.29 is 17.9 Å². The van der Waals surface area contributed by atoms with Crippen LogP contribution in [0.4, 0.5) is 4.39 Å². The first-order valence-electron chi connectivity index (χ1n) is 4.17. The van der Waals surface area contributed by atoms with Crippen LogP contribution < -0.4 is 0 Å². The van der Waals surface area contributed by atoms with Crippen molar-refractivity contribution in [2.75, 3.05) is 6.26 Å². The third kappa shape index (κ3) is 2.74. The highest BCUT2D eigenvalue weighted by atomic mass is 79.9. The van der Waals surface area contributed by atoms with Gasteiger partial charge in [-0.05, 0) is 33.6 Å². The molecule has 0 saturated carbocycles. The van der Waals surface area contributed by atoms with Crippen LogP contribution in [0.15, 0.2) is 24.3 Å². The van der Waals surface area contributed by atoms with E-state index in [9.17, 15) is 17.9 Å². The molecule has 1 aromatic carbocycles. The van der Waals surface area contributed by atoms with Crippen molar-refractivity contribution in [3.05, 3.63) is 35.6 Å². The van der Waals surface area contributed by atoms with Gasteiger partial charge in [-0.25, -0.2) is 12.8 Å². The van der Waals surface area contributed by atoms with Crippen molar-refractivity contribution >= 4 is 37.4 Å². The fourth-order valence-electron chi connectivity index (χ4n) is 1.07. The monoisotopic (exact) mass is 330 g/mol. The minimum absolute atomic E-state index is 0.0808. The SMILES string of the molecule is CS(=O)(=O)[C@@](Cl)(Br)[C@@H](O)c1cccc(F)c1. The topological polar surface area (TPSA) is 54.4 Å². The van der Waals surface area contributed by atoms with Gasteiger partial charge in [-0.2, -0.15) is 0 Å². The van der Waals surface area contributed by atoms with Gasteiger partial charge in [0.2, 0.25) is 3.12 Å². The Balaban J connectivity index is 3.17. The first-order chi connectivity index (χ1) is 7.16. The molecule has 0 fully saturated rings. The van der Waals surface area contributed by atoms with E-state index in [0.717, 1.165) is 12.3 Å². The normalized spacial score (nSPS) is 17.8. The molecule has 3 nitrogen and oxygen atoms in total. The minimum atomic E-state index is -3.75. The van der Waals surface area contributed by atoms with Crippen molar-refractivity contribution in [2.24, 2.45) is 0 Å². The summed E-state index contributed by atoms with van der Waals surface area (Å²) in [5.74, 6) is -0.579. The van der Waals surface area contributed by atoms with Crippen LogP contribution in [0.1, 0.15) is 11.7 Å². The maximum atomic E-state index is 12.9. The van der Waals surface area contributed by atoms with Crippen molar-refractivity contribution in [3.8, 4) is 0 Å². The van der Waals surface area contributed by atoms with E-state index in [-0.39, 0.29) is 5.56 Å². The summed E-state index contributed by atoms with van der Waals surface area (Å²) in [5.41, 5.74) is 0.0808. The average molecular weight is 332 g/mol. The molecule has 0 radical (unpaired) electrons. The summed E-state index contributed by atoms with van der Waals surface area (Å²) in [6.45, 7) is 0. The number of benzene rings is 1. The van der Waals surface area contributed by atoms with E-state index < -0.39 is 24.9 Å². The Hall–Kier alpha value is -0.170. The highest BCUT2D eigenvalue weighted by Crippen LogP contribution is 2.42. The van der Waals surface area contributed by atoms with E-state index in [1.165, 1.54) is 18.2 Å². The minimum Gasteiger partial charge on any atom is -0.385 e. The summed E-state index contributed by atoms with van der Waals surface area (Å²) in [5, 5.41) is 9.78. The number of rotatable bonds is 3. The van der Waals surface area contributed by atoms with E-state index in [0.29, 0.717) is 0 Å². The molecule has 1 rings (SSSR count). The molecular formula is C9H9BrClFO3S. The molecule has 0 aliphatic heterocycles. The van der Waals surface area contributed by atoms with Crippen LogP contribution in [0, 0.1) is 5.82 Å². The number of aliphatic hydroxyl groups is 1. The van der Waals surface area contributed by atoms with Gasteiger partial charge in [-0.3, -0.25) is 0 Å². The van der Waals surface area contributed by atoms with Gasteiger partial charge in [0.15, 0.2) is 9.84 Å². The number of aliphatic hydroxyl groups excluding tert-OH is 1. The van der Waals surface area contributed by atoms with Gasteiger partial charge < -0.3 is 5.11 Å². The van der Waals surface area contributed by atoms with E-state index in [1.54, 1.807) is 0 Å². The van der Waals surface area contributed by atoms with Gasteiger partial charge >= 0.3 is 0 Å². The lowest BCUT2D eigenvalue weighted by Crippen LogP contribution is -2.32. The lowest BCUT2D eigenvalue weighted by Gasteiger charge is -2.24. The standard InChI is InChI=1S/C9H9BrClFO3S/c1-16(14,15)9(10,11)8(13)6-3-2-4-7(12)5-6/h2-5,8,13H,1H3/t8-,9+/m0/s1. The molecule has 1 N–H and O–H groups in total. The summed E-state index contributed by atoms with van der Waals surface area (Å²) in [4.78, 5) is 0. The van der Waals surface area contributed by atoms with E-state index in [4.69, 9.17) is 11.6 Å². The lowest BCUT2D eigenvalue weighted by molar-refractivity contribution is 0.185. The fourth-order valence-corrected chi connectivity index (χ4v) is 2.01. The van der Waals surface area contributed by atoms with Crippen molar-refractivity contribution in [3.63, 3.8) is 0 Å². The van der Waals surface area contributed by atoms with Gasteiger partial charge in [-0.1, -0.05) is 23.7 Å². The van der Waals surface area contributed by atoms with Crippen LogP contribution in [0.3, 0.4) is 0 Å². The van der Waals surface area contributed by atoms with Crippen LogP contribution in [-0.2, 0) is 9.84 Å². The second-order valence-electron chi connectivity index (χ2n) is 3.29. The lowest BCUT2D eigenvalue weighted by atomic mass is 10.1. The number of sulfone groups is 1. The average Bonchev–Trinajstić information content (AvgIpc) is 2.14. The second kappa shape index (κ2) is 4.60. The summed E-state index contributed by atoms with van der Waals surface area (Å²) in [6, 6.07) is 4.95. The Morgan fingerprint density at radius 1 is 1.56 bits per heavy atom. The number of hydrogen-bond donors (Lipinski definition) is 1. The molecule has 0 spiro atoms. The Bertz CT molecular complexity index is 489. The van der Waals surface area contributed by atoms with E-state index >= 15 is 0 Å². The highest BCUT2D eigenvalue weighted by Gasteiger charge is 2.44. The molecule has 0 saturated heterocycles. The zero-order valence-electron chi connectivity index (χ0n) is 8.19. The summed E-state index contributed by atoms with van der Waals surface area (Å²) >= 11 is 8.44. The van der Waals surface area contributed by atoms with Gasteiger partial charge in [-0.15, -0.1) is 0 Å².